The van der Waals surface area contributed by atoms with Gasteiger partial charge in [-0.25, -0.2) is 9.97 Å². The summed E-state index contributed by atoms with van der Waals surface area (Å²) in [6.07, 6.45) is 0. The van der Waals surface area contributed by atoms with Gasteiger partial charge in [0.2, 0.25) is 0 Å². The molecule has 0 atom stereocenters. The number of rotatable bonds is 5. The standard InChI is InChI=1S/C27H22N4OS2/c1-15(2)16-7-10-18(11-8-16)29-27-31-25(28)24(34-27)26-30-21(14-33-26)17-9-12-23-20(13-17)19-5-3-4-6-22(19)32-23/h3-15H,28H2,1-2H3,(H,29,31). The predicted octanol–water partition coefficient (Wildman–Crippen LogP) is 8.28. The van der Waals surface area contributed by atoms with Gasteiger partial charge in [-0.3, -0.25) is 0 Å². The number of nitrogen functional groups attached to an aromatic ring is 1. The lowest BCUT2D eigenvalue weighted by molar-refractivity contribution is 0.669. The Morgan fingerprint density at radius 2 is 1.71 bits per heavy atom. The van der Waals surface area contributed by atoms with Crippen molar-refractivity contribution in [3.63, 3.8) is 0 Å². The van der Waals surface area contributed by atoms with E-state index in [0.29, 0.717) is 11.7 Å². The number of benzene rings is 3. The highest BCUT2D eigenvalue weighted by atomic mass is 32.1. The minimum atomic E-state index is 0.489. The number of para-hydroxylation sites is 1. The first-order chi connectivity index (χ1) is 16.5. The van der Waals surface area contributed by atoms with Crippen molar-refractivity contribution in [2.24, 2.45) is 0 Å². The summed E-state index contributed by atoms with van der Waals surface area (Å²) < 4.78 is 5.96. The molecule has 3 aromatic heterocycles. The van der Waals surface area contributed by atoms with Crippen LogP contribution in [0, 0.1) is 0 Å². The molecule has 0 bridgehead atoms. The highest BCUT2D eigenvalue weighted by Crippen LogP contribution is 2.40. The molecular weight excluding hydrogens is 460 g/mol. The first-order valence-corrected chi connectivity index (χ1v) is 12.8. The van der Waals surface area contributed by atoms with Gasteiger partial charge in [-0.05, 0) is 47.9 Å². The third kappa shape index (κ3) is 3.73. The molecule has 5 nitrogen and oxygen atoms in total. The Bertz CT molecular complexity index is 1630. The van der Waals surface area contributed by atoms with Gasteiger partial charge in [0.15, 0.2) is 5.13 Å². The van der Waals surface area contributed by atoms with Gasteiger partial charge in [-0.15, -0.1) is 11.3 Å². The first-order valence-electron chi connectivity index (χ1n) is 11.1. The molecule has 0 aliphatic carbocycles. The fourth-order valence-corrected chi connectivity index (χ4v) is 5.84. The molecule has 0 aliphatic heterocycles. The van der Waals surface area contributed by atoms with Crippen molar-refractivity contribution in [1.82, 2.24) is 9.97 Å². The molecule has 0 unspecified atom stereocenters. The quantitative estimate of drug-likeness (QED) is 0.258. The third-order valence-corrected chi connectivity index (χ3v) is 7.84. The lowest BCUT2D eigenvalue weighted by Crippen LogP contribution is -1.92. The number of fused-ring (bicyclic) bond motifs is 3. The minimum absolute atomic E-state index is 0.489. The zero-order valence-corrected chi connectivity index (χ0v) is 20.3. The Morgan fingerprint density at radius 3 is 2.53 bits per heavy atom. The van der Waals surface area contributed by atoms with Crippen molar-refractivity contribution in [2.45, 2.75) is 19.8 Å². The molecule has 0 saturated heterocycles. The van der Waals surface area contributed by atoms with Crippen LogP contribution in [0.25, 0.3) is 43.1 Å². The van der Waals surface area contributed by atoms with E-state index in [4.69, 9.17) is 15.1 Å². The Hall–Kier alpha value is -3.68. The molecule has 7 heteroatoms. The molecule has 6 rings (SSSR count). The topological polar surface area (TPSA) is 77.0 Å². The largest absolute Gasteiger partial charge is 0.456 e. The number of nitrogens with zero attached hydrogens (tertiary/aromatic N) is 2. The van der Waals surface area contributed by atoms with Gasteiger partial charge in [0.05, 0.1) is 5.69 Å². The van der Waals surface area contributed by atoms with E-state index in [1.54, 1.807) is 11.3 Å². The second-order valence-corrected chi connectivity index (χ2v) is 10.3. The second-order valence-electron chi connectivity index (χ2n) is 8.48. The number of hydrogen-bond donors (Lipinski definition) is 2. The van der Waals surface area contributed by atoms with Gasteiger partial charge in [-0.2, -0.15) is 0 Å². The molecule has 0 fully saturated rings. The van der Waals surface area contributed by atoms with Crippen LogP contribution in [-0.4, -0.2) is 9.97 Å². The van der Waals surface area contributed by atoms with Crippen LogP contribution in [0.1, 0.15) is 25.3 Å². The maximum atomic E-state index is 6.28. The zero-order chi connectivity index (χ0) is 23.2. The Balaban J connectivity index is 1.29. The van der Waals surface area contributed by atoms with Crippen LogP contribution >= 0.6 is 22.7 Å². The molecule has 34 heavy (non-hydrogen) atoms. The average Bonchev–Trinajstić information content (AvgIpc) is 3.55. The maximum absolute atomic E-state index is 6.28. The van der Waals surface area contributed by atoms with Gasteiger partial charge >= 0.3 is 0 Å². The van der Waals surface area contributed by atoms with E-state index < -0.39 is 0 Å². The Morgan fingerprint density at radius 1 is 0.912 bits per heavy atom. The summed E-state index contributed by atoms with van der Waals surface area (Å²) in [7, 11) is 0. The maximum Gasteiger partial charge on any atom is 0.189 e. The molecule has 0 spiro atoms. The lowest BCUT2D eigenvalue weighted by Gasteiger charge is -2.07. The Kier molecular flexibility index (Phi) is 5.08. The van der Waals surface area contributed by atoms with Crippen LogP contribution in [0.3, 0.4) is 0 Å². The summed E-state index contributed by atoms with van der Waals surface area (Å²) in [4.78, 5) is 10.3. The highest BCUT2D eigenvalue weighted by molar-refractivity contribution is 7.23. The molecule has 0 saturated carbocycles. The fourth-order valence-electron chi connectivity index (χ4n) is 4.01. The summed E-state index contributed by atoms with van der Waals surface area (Å²) in [5.74, 6) is 0.992. The Labute approximate surface area is 204 Å². The number of thiazole rings is 2. The van der Waals surface area contributed by atoms with Crippen molar-refractivity contribution < 1.29 is 4.42 Å². The number of anilines is 3. The van der Waals surface area contributed by atoms with E-state index in [2.05, 4.69) is 65.9 Å². The third-order valence-electron chi connectivity index (χ3n) is 5.85. The fraction of sp³-hybridized carbons (Fsp3) is 0.111. The SMILES string of the molecule is CC(C)c1ccc(Nc2nc(N)c(-c3nc(-c4ccc5oc6ccccc6c5c4)cs3)s2)cc1. The van der Waals surface area contributed by atoms with Crippen molar-refractivity contribution >= 4 is 61.2 Å². The predicted molar refractivity (Wildman–Crippen MR) is 144 cm³/mol. The van der Waals surface area contributed by atoms with Crippen molar-refractivity contribution in [2.75, 3.05) is 11.1 Å². The van der Waals surface area contributed by atoms with E-state index in [1.807, 2.05) is 30.3 Å². The molecule has 6 aromatic rings. The zero-order valence-electron chi connectivity index (χ0n) is 18.7. The smallest absolute Gasteiger partial charge is 0.189 e. The van der Waals surface area contributed by atoms with Gasteiger partial charge < -0.3 is 15.5 Å². The van der Waals surface area contributed by atoms with Gasteiger partial charge in [0.25, 0.3) is 0 Å². The first kappa shape index (κ1) is 20.9. The molecular formula is C27H22N4OS2. The lowest BCUT2D eigenvalue weighted by atomic mass is 10.0. The molecule has 3 N–H and O–H groups in total. The molecule has 3 aromatic carbocycles. The van der Waals surface area contributed by atoms with Crippen LogP contribution in [0.4, 0.5) is 16.6 Å². The summed E-state index contributed by atoms with van der Waals surface area (Å²) in [6, 6.07) is 22.7. The monoisotopic (exact) mass is 482 g/mol. The number of aromatic nitrogens is 2. The number of furan rings is 1. The normalized spacial score (nSPS) is 11.6. The summed E-state index contributed by atoms with van der Waals surface area (Å²) in [5, 5.41) is 9.26. The van der Waals surface area contributed by atoms with Crippen LogP contribution in [0.15, 0.2) is 76.5 Å². The number of nitrogens with one attached hydrogen (secondary N) is 1. The van der Waals surface area contributed by atoms with E-state index in [1.165, 1.54) is 16.9 Å². The summed E-state index contributed by atoms with van der Waals surface area (Å²) in [6.45, 7) is 4.38. The van der Waals surface area contributed by atoms with E-state index in [0.717, 1.165) is 53.9 Å². The summed E-state index contributed by atoms with van der Waals surface area (Å²) >= 11 is 3.09. The molecule has 0 amide bonds. The minimum Gasteiger partial charge on any atom is -0.456 e. The van der Waals surface area contributed by atoms with E-state index in [-0.39, 0.29) is 0 Å². The van der Waals surface area contributed by atoms with Gasteiger partial charge in [0.1, 0.15) is 26.9 Å². The number of nitrogens with two attached hydrogens (primary N) is 1. The van der Waals surface area contributed by atoms with E-state index >= 15 is 0 Å². The molecule has 3 heterocycles. The van der Waals surface area contributed by atoms with Crippen molar-refractivity contribution in [3.05, 3.63) is 77.7 Å². The van der Waals surface area contributed by atoms with Crippen LogP contribution in [-0.2, 0) is 0 Å². The second kappa shape index (κ2) is 8.27. The number of hydrogen-bond acceptors (Lipinski definition) is 7. The average molecular weight is 483 g/mol. The molecule has 0 aliphatic rings. The van der Waals surface area contributed by atoms with Crippen molar-refractivity contribution in [1.29, 1.82) is 0 Å². The summed E-state index contributed by atoms with van der Waals surface area (Å²) in [5.41, 5.74) is 12.3. The van der Waals surface area contributed by atoms with Crippen LogP contribution < -0.4 is 11.1 Å². The van der Waals surface area contributed by atoms with Crippen LogP contribution in [0.5, 0.6) is 0 Å². The van der Waals surface area contributed by atoms with Crippen LogP contribution in [0.2, 0.25) is 0 Å². The molecule has 0 radical (unpaired) electrons. The highest BCUT2D eigenvalue weighted by Gasteiger charge is 2.16. The van der Waals surface area contributed by atoms with E-state index in [9.17, 15) is 0 Å². The van der Waals surface area contributed by atoms with Gasteiger partial charge in [-0.1, -0.05) is 55.5 Å². The van der Waals surface area contributed by atoms with Crippen molar-refractivity contribution in [3.8, 4) is 21.1 Å². The molecule has 168 valence electrons. The van der Waals surface area contributed by atoms with Gasteiger partial charge in [0, 0.05) is 27.4 Å².